The van der Waals surface area contributed by atoms with Gasteiger partial charge in [0.05, 0.1) is 5.41 Å². The summed E-state index contributed by atoms with van der Waals surface area (Å²) in [6.45, 7) is 7.81. The van der Waals surface area contributed by atoms with Gasteiger partial charge >= 0.3 is 0 Å². The first kappa shape index (κ1) is 16.5. The van der Waals surface area contributed by atoms with E-state index in [1.54, 1.807) is 12.1 Å². The number of hydrogen-bond acceptors (Lipinski definition) is 3. The van der Waals surface area contributed by atoms with Gasteiger partial charge in [0, 0.05) is 17.8 Å². The Morgan fingerprint density at radius 1 is 1.25 bits per heavy atom. The molecule has 0 fully saturated rings. The van der Waals surface area contributed by atoms with Crippen molar-refractivity contribution in [2.45, 2.75) is 51.5 Å². The minimum absolute atomic E-state index is 0.0416. The van der Waals surface area contributed by atoms with E-state index in [0.29, 0.717) is 12.1 Å². The molecule has 0 bridgehead atoms. The highest BCUT2D eigenvalue weighted by Crippen LogP contribution is 2.26. The standard InChI is InChI=1S/C16H26N2O2/c1-5-16(4,10-11-19)18-14(20)15(2,3)12-6-8-13(17)9-7-12/h6-9,19H,5,10-11,17H2,1-4H3,(H,18,20). The quantitative estimate of drug-likeness (QED) is 0.698. The molecule has 4 heteroatoms. The topological polar surface area (TPSA) is 75.3 Å². The van der Waals surface area contributed by atoms with Gasteiger partial charge in [-0.3, -0.25) is 4.79 Å². The fourth-order valence-electron chi connectivity index (χ4n) is 2.04. The van der Waals surface area contributed by atoms with Crippen LogP contribution in [0.15, 0.2) is 24.3 Å². The van der Waals surface area contributed by atoms with Crippen molar-refractivity contribution in [3.8, 4) is 0 Å². The Labute approximate surface area is 121 Å². The van der Waals surface area contributed by atoms with E-state index in [4.69, 9.17) is 10.8 Å². The number of hydrogen-bond donors (Lipinski definition) is 3. The van der Waals surface area contributed by atoms with Crippen molar-refractivity contribution in [1.82, 2.24) is 5.32 Å². The van der Waals surface area contributed by atoms with Crippen LogP contribution in [0.5, 0.6) is 0 Å². The number of amides is 1. The first-order valence-electron chi connectivity index (χ1n) is 7.04. The number of nitrogen functional groups attached to an aromatic ring is 1. The van der Waals surface area contributed by atoms with E-state index in [0.717, 1.165) is 12.0 Å². The summed E-state index contributed by atoms with van der Waals surface area (Å²) in [5.41, 5.74) is 6.27. The van der Waals surface area contributed by atoms with Gasteiger partial charge < -0.3 is 16.2 Å². The minimum Gasteiger partial charge on any atom is -0.399 e. The third-order valence-electron chi connectivity index (χ3n) is 4.06. The number of nitrogens with two attached hydrogens (primary N) is 1. The zero-order chi connectivity index (χ0) is 15.4. The molecule has 4 nitrogen and oxygen atoms in total. The first-order chi connectivity index (χ1) is 9.25. The van der Waals surface area contributed by atoms with Gasteiger partial charge in [0.2, 0.25) is 5.91 Å². The van der Waals surface area contributed by atoms with Crippen LogP contribution in [-0.2, 0) is 10.2 Å². The van der Waals surface area contributed by atoms with Crippen LogP contribution in [0.1, 0.15) is 46.1 Å². The lowest BCUT2D eigenvalue weighted by Gasteiger charge is -2.34. The van der Waals surface area contributed by atoms with Crippen molar-refractivity contribution in [2.24, 2.45) is 0 Å². The minimum atomic E-state index is -0.639. The highest BCUT2D eigenvalue weighted by Gasteiger charge is 2.34. The Hall–Kier alpha value is -1.55. The molecular weight excluding hydrogens is 252 g/mol. The molecule has 0 heterocycles. The smallest absolute Gasteiger partial charge is 0.230 e. The van der Waals surface area contributed by atoms with Crippen LogP contribution in [0.25, 0.3) is 0 Å². The molecule has 20 heavy (non-hydrogen) atoms. The lowest BCUT2D eigenvalue weighted by Crippen LogP contribution is -2.52. The maximum Gasteiger partial charge on any atom is 0.230 e. The van der Waals surface area contributed by atoms with Crippen LogP contribution in [-0.4, -0.2) is 23.2 Å². The number of benzene rings is 1. The molecule has 1 atom stereocenters. The molecule has 0 radical (unpaired) electrons. The zero-order valence-electron chi connectivity index (χ0n) is 12.9. The second kappa shape index (κ2) is 6.27. The summed E-state index contributed by atoms with van der Waals surface area (Å²) in [6.07, 6.45) is 1.32. The molecule has 0 saturated heterocycles. The summed E-state index contributed by atoms with van der Waals surface area (Å²) < 4.78 is 0. The molecule has 1 aromatic carbocycles. The molecular formula is C16H26N2O2. The van der Waals surface area contributed by atoms with Crippen LogP contribution >= 0.6 is 0 Å². The van der Waals surface area contributed by atoms with Crippen LogP contribution in [0.4, 0.5) is 5.69 Å². The molecule has 1 aromatic rings. The Bertz CT molecular complexity index is 454. The van der Waals surface area contributed by atoms with Crippen LogP contribution < -0.4 is 11.1 Å². The van der Waals surface area contributed by atoms with Crippen molar-refractivity contribution in [1.29, 1.82) is 0 Å². The van der Waals surface area contributed by atoms with Crippen LogP contribution in [0.2, 0.25) is 0 Å². The van der Waals surface area contributed by atoms with E-state index in [9.17, 15) is 4.79 Å². The Balaban J connectivity index is 2.91. The molecule has 0 aliphatic heterocycles. The number of carbonyl (C=O) groups is 1. The molecule has 112 valence electrons. The monoisotopic (exact) mass is 278 g/mol. The predicted molar refractivity (Wildman–Crippen MR) is 82.4 cm³/mol. The number of aliphatic hydroxyl groups is 1. The van der Waals surface area contributed by atoms with E-state index in [-0.39, 0.29) is 18.1 Å². The van der Waals surface area contributed by atoms with Gasteiger partial charge in [-0.05, 0) is 51.3 Å². The molecule has 1 unspecified atom stereocenters. The SMILES string of the molecule is CCC(C)(CCO)NC(=O)C(C)(C)c1ccc(N)cc1. The van der Waals surface area contributed by atoms with E-state index < -0.39 is 5.41 Å². The number of aliphatic hydroxyl groups excluding tert-OH is 1. The lowest BCUT2D eigenvalue weighted by atomic mass is 9.82. The average Bonchev–Trinajstić information content (AvgIpc) is 2.39. The molecule has 0 aromatic heterocycles. The third-order valence-corrected chi connectivity index (χ3v) is 4.06. The number of carbonyl (C=O) groups excluding carboxylic acids is 1. The van der Waals surface area contributed by atoms with Gasteiger partial charge in [-0.1, -0.05) is 19.1 Å². The molecule has 0 saturated carbocycles. The fourth-order valence-corrected chi connectivity index (χ4v) is 2.04. The predicted octanol–water partition coefficient (Wildman–Crippen LogP) is 2.21. The van der Waals surface area contributed by atoms with E-state index in [1.165, 1.54) is 0 Å². The Morgan fingerprint density at radius 2 is 1.80 bits per heavy atom. The summed E-state index contributed by atoms with van der Waals surface area (Å²) in [4.78, 5) is 12.6. The van der Waals surface area contributed by atoms with E-state index in [2.05, 4.69) is 5.32 Å². The van der Waals surface area contributed by atoms with Crippen molar-refractivity contribution in [2.75, 3.05) is 12.3 Å². The van der Waals surface area contributed by atoms with E-state index >= 15 is 0 Å². The van der Waals surface area contributed by atoms with Gasteiger partial charge in [0.1, 0.15) is 0 Å². The van der Waals surface area contributed by atoms with Crippen molar-refractivity contribution in [3.05, 3.63) is 29.8 Å². The summed E-state index contributed by atoms with van der Waals surface area (Å²) in [5, 5.41) is 12.2. The lowest BCUT2D eigenvalue weighted by molar-refractivity contribution is -0.127. The Kier molecular flexibility index (Phi) is 5.17. The molecule has 1 amide bonds. The second-order valence-corrected chi connectivity index (χ2v) is 6.09. The van der Waals surface area contributed by atoms with Crippen LogP contribution in [0.3, 0.4) is 0 Å². The molecule has 0 spiro atoms. The fraction of sp³-hybridized carbons (Fsp3) is 0.562. The molecule has 4 N–H and O–H groups in total. The average molecular weight is 278 g/mol. The highest BCUT2D eigenvalue weighted by molar-refractivity contribution is 5.88. The van der Waals surface area contributed by atoms with Gasteiger partial charge in [-0.15, -0.1) is 0 Å². The van der Waals surface area contributed by atoms with Gasteiger partial charge in [-0.25, -0.2) is 0 Å². The maximum atomic E-state index is 12.6. The number of nitrogens with one attached hydrogen (secondary N) is 1. The van der Waals surface area contributed by atoms with Crippen LogP contribution in [0, 0.1) is 0 Å². The summed E-state index contributed by atoms with van der Waals surface area (Å²) in [7, 11) is 0. The second-order valence-electron chi connectivity index (χ2n) is 6.09. The van der Waals surface area contributed by atoms with Crippen molar-refractivity contribution >= 4 is 11.6 Å². The van der Waals surface area contributed by atoms with E-state index in [1.807, 2.05) is 39.8 Å². The third kappa shape index (κ3) is 3.73. The normalized spacial score (nSPS) is 14.7. The number of anilines is 1. The number of rotatable bonds is 6. The van der Waals surface area contributed by atoms with Crippen molar-refractivity contribution < 1.29 is 9.90 Å². The molecule has 1 rings (SSSR count). The Morgan fingerprint density at radius 3 is 2.25 bits per heavy atom. The highest BCUT2D eigenvalue weighted by atomic mass is 16.3. The first-order valence-corrected chi connectivity index (χ1v) is 7.04. The zero-order valence-corrected chi connectivity index (χ0v) is 12.9. The summed E-state index contributed by atoms with van der Waals surface area (Å²) in [6, 6.07) is 7.36. The maximum absolute atomic E-state index is 12.6. The molecule has 0 aliphatic rings. The summed E-state index contributed by atoms with van der Waals surface area (Å²) in [5.74, 6) is -0.0416. The molecule has 0 aliphatic carbocycles. The largest absolute Gasteiger partial charge is 0.399 e. The van der Waals surface area contributed by atoms with Gasteiger partial charge in [0.25, 0.3) is 0 Å². The van der Waals surface area contributed by atoms with Gasteiger partial charge in [0.15, 0.2) is 0 Å². The van der Waals surface area contributed by atoms with Gasteiger partial charge in [-0.2, -0.15) is 0 Å². The van der Waals surface area contributed by atoms with Crippen molar-refractivity contribution in [3.63, 3.8) is 0 Å². The summed E-state index contributed by atoms with van der Waals surface area (Å²) >= 11 is 0.